The van der Waals surface area contributed by atoms with Gasteiger partial charge in [0, 0.05) is 27.1 Å². The Bertz CT molecular complexity index is 836. The monoisotopic (exact) mass is 488 g/mol. The Labute approximate surface area is 169 Å². The Hall–Kier alpha value is -1.31. The molecule has 2 aromatic carbocycles. The van der Waals surface area contributed by atoms with Crippen LogP contribution < -0.4 is 4.90 Å². The summed E-state index contributed by atoms with van der Waals surface area (Å²) in [5.41, 5.74) is 0.395. The highest BCUT2D eigenvalue weighted by Crippen LogP contribution is 2.35. The largest absolute Gasteiger partial charge is 0.332 e. The van der Waals surface area contributed by atoms with Crippen molar-refractivity contribution in [3.8, 4) is 0 Å². The third kappa shape index (κ3) is 3.37. The molecule has 1 heterocycles. The van der Waals surface area contributed by atoms with Gasteiger partial charge in [-0.1, -0.05) is 35.3 Å². The third-order valence-corrected chi connectivity index (χ3v) is 5.61. The van der Waals surface area contributed by atoms with Gasteiger partial charge in [-0.15, -0.1) is 0 Å². The first kappa shape index (κ1) is 18.5. The summed E-state index contributed by atoms with van der Waals surface area (Å²) in [5, 5.41) is 0.744. The van der Waals surface area contributed by atoms with E-state index in [0.29, 0.717) is 22.2 Å². The van der Waals surface area contributed by atoms with Gasteiger partial charge in [0.05, 0.1) is 5.69 Å². The first-order valence-corrected chi connectivity index (χ1v) is 9.39. The average Bonchev–Trinajstić information content (AvgIpc) is 2.70. The van der Waals surface area contributed by atoms with Gasteiger partial charge in [-0.25, -0.2) is 9.69 Å². The zero-order valence-corrected chi connectivity index (χ0v) is 17.3. The van der Waals surface area contributed by atoms with Crippen molar-refractivity contribution in [2.75, 3.05) is 11.9 Å². The van der Waals surface area contributed by atoms with Gasteiger partial charge in [0.25, 0.3) is 5.91 Å². The van der Waals surface area contributed by atoms with Crippen LogP contribution in [-0.2, 0) is 11.2 Å². The summed E-state index contributed by atoms with van der Waals surface area (Å²) in [7, 11) is 1.64. The van der Waals surface area contributed by atoms with Gasteiger partial charge in [0.15, 0.2) is 0 Å². The molecule has 130 valence electrons. The quantitative estimate of drug-likeness (QED) is 0.450. The minimum Gasteiger partial charge on any atom is -0.312 e. The standard InChI is InChI=1S/C18H15Cl2IN2O2/c1-18(10-11-3-5-14(21)6-4-11)16(24)23(17(25)22(18)2)15-8-12(19)7-13(20)9-15/h3-9H,10H2,1-2H3. The molecule has 7 heteroatoms. The molecule has 1 aliphatic rings. The molecule has 25 heavy (non-hydrogen) atoms. The van der Waals surface area contributed by atoms with E-state index in [1.54, 1.807) is 32.2 Å². The Morgan fingerprint density at radius 3 is 2.16 bits per heavy atom. The van der Waals surface area contributed by atoms with Crippen molar-refractivity contribution < 1.29 is 9.59 Å². The van der Waals surface area contributed by atoms with Crippen molar-refractivity contribution in [3.63, 3.8) is 0 Å². The van der Waals surface area contributed by atoms with E-state index in [1.165, 1.54) is 4.90 Å². The summed E-state index contributed by atoms with van der Waals surface area (Å²) in [6.45, 7) is 1.78. The summed E-state index contributed by atoms with van der Waals surface area (Å²) < 4.78 is 1.11. The van der Waals surface area contributed by atoms with Crippen molar-refractivity contribution in [2.24, 2.45) is 0 Å². The van der Waals surface area contributed by atoms with Gasteiger partial charge in [-0.2, -0.15) is 0 Å². The average molecular weight is 489 g/mol. The third-order valence-electron chi connectivity index (χ3n) is 4.45. The normalized spacial score (nSPS) is 20.5. The number of amides is 3. The number of halogens is 3. The molecule has 3 amide bonds. The molecule has 0 radical (unpaired) electrons. The SMILES string of the molecule is CN1C(=O)N(c2cc(Cl)cc(Cl)c2)C(=O)C1(C)Cc1ccc(I)cc1. The molecule has 1 aliphatic heterocycles. The predicted octanol–water partition coefficient (Wildman–Crippen LogP) is 5.00. The van der Waals surface area contributed by atoms with Crippen LogP contribution in [0.1, 0.15) is 12.5 Å². The number of urea groups is 1. The second kappa shape index (κ2) is 6.78. The molecule has 0 bridgehead atoms. The molecule has 0 saturated carbocycles. The first-order valence-electron chi connectivity index (χ1n) is 7.55. The zero-order valence-electron chi connectivity index (χ0n) is 13.6. The van der Waals surface area contributed by atoms with E-state index >= 15 is 0 Å². The second-order valence-electron chi connectivity index (χ2n) is 6.19. The van der Waals surface area contributed by atoms with Gasteiger partial charge >= 0.3 is 6.03 Å². The first-order chi connectivity index (χ1) is 11.7. The van der Waals surface area contributed by atoms with Crippen LogP contribution in [0.25, 0.3) is 0 Å². The molecule has 1 saturated heterocycles. The van der Waals surface area contributed by atoms with Gasteiger partial charge in [-0.05, 0) is 65.4 Å². The number of anilines is 1. The van der Waals surface area contributed by atoms with Gasteiger partial charge in [-0.3, -0.25) is 4.79 Å². The van der Waals surface area contributed by atoms with Gasteiger partial charge < -0.3 is 4.90 Å². The van der Waals surface area contributed by atoms with E-state index in [-0.39, 0.29) is 5.91 Å². The summed E-state index contributed by atoms with van der Waals surface area (Å²) in [6.07, 6.45) is 0.426. The molecule has 0 N–H and O–H groups in total. The van der Waals surface area contributed by atoms with E-state index in [1.807, 2.05) is 24.3 Å². The molecular weight excluding hydrogens is 474 g/mol. The smallest absolute Gasteiger partial charge is 0.312 e. The molecule has 4 nitrogen and oxygen atoms in total. The van der Waals surface area contributed by atoms with E-state index in [2.05, 4.69) is 22.6 Å². The van der Waals surface area contributed by atoms with Crippen LogP contribution in [0.3, 0.4) is 0 Å². The topological polar surface area (TPSA) is 40.6 Å². The summed E-state index contributed by atoms with van der Waals surface area (Å²) in [4.78, 5) is 28.5. The predicted molar refractivity (Wildman–Crippen MR) is 108 cm³/mol. The summed E-state index contributed by atoms with van der Waals surface area (Å²) in [6, 6.07) is 12.2. The molecule has 3 rings (SSSR count). The maximum atomic E-state index is 13.1. The molecule has 1 unspecified atom stereocenters. The molecule has 1 atom stereocenters. The van der Waals surface area contributed by atoms with Crippen LogP contribution in [-0.4, -0.2) is 29.4 Å². The molecule has 0 spiro atoms. The molecule has 0 aromatic heterocycles. The number of hydrogen-bond acceptors (Lipinski definition) is 2. The fourth-order valence-corrected chi connectivity index (χ4v) is 3.80. The Morgan fingerprint density at radius 2 is 1.60 bits per heavy atom. The van der Waals surface area contributed by atoms with Crippen LogP contribution in [0.2, 0.25) is 10.0 Å². The minimum absolute atomic E-state index is 0.295. The zero-order chi connectivity index (χ0) is 18.4. The van der Waals surface area contributed by atoms with E-state index in [4.69, 9.17) is 23.2 Å². The fourth-order valence-electron chi connectivity index (χ4n) is 2.92. The fraction of sp³-hybridized carbons (Fsp3) is 0.222. The van der Waals surface area contributed by atoms with E-state index in [0.717, 1.165) is 14.0 Å². The van der Waals surface area contributed by atoms with E-state index < -0.39 is 11.6 Å². The van der Waals surface area contributed by atoms with Crippen molar-refractivity contribution in [2.45, 2.75) is 18.9 Å². The highest BCUT2D eigenvalue weighted by molar-refractivity contribution is 14.1. The summed E-state index contributed by atoms with van der Waals surface area (Å²) >= 11 is 14.3. The van der Waals surface area contributed by atoms with Crippen LogP contribution in [0.4, 0.5) is 10.5 Å². The van der Waals surface area contributed by atoms with Crippen LogP contribution >= 0.6 is 45.8 Å². The van der Waals surface area contributed by atoms with Crippen molar-refractivity contribution in [1.82, 2.24) is 4.90 Å². The highest BCUT2D eigenvalue weighted by Gasteiger charge is 2.53. The maximum absolute atomic E-state index is 13.1. The molecular formula is C18H15Cl2IN2O2. The lowest BCUT2D eigenvalue weighted by atomic mass is 9.91. The molecule has 1 fully saturated rings. The lowest BCUT2D eigenvalue weighted by molar-refractivity contribution is -0.123. The highest BCUT2D eigenvalue weighted by atomic mass is 127. The van der Waals surface area contributed by atoms with Crippen LogP contribution in [0.15, 0.2) is 42.5 Å². The van der Waals surface area contributed by atoms with Gasteiger partial charge in [0.2, 0.25) is 0 Å². The Kier molecular flexibility index (Phi) is 5.01. The molecule has 2 aromatic rings. The number of likely N-dealkylation sites (N-methyl/N-ethyl adjacent to an activating group) is 1. The maximum Gasteiger partial charge on any atom is 0.332 e. The van der Waals surface area contributed by atoms with Crippen LogP contribution in [0, 0.1) is 3.57 Å². The number of rotatable bonds is 3. The molecule has 0 aliphatic carbocycles. The van der Waals surface area contributed by atoms with Crippen molar-refractivity contribution >= 4 is 63.4 Å². The number of benzene rings is 2. The number of imide groups is 1. The van der Waals surface area contributed by atoms with Crippen molar-refractivity contribution in [3.05, 3.63) is 61.6 Å². The number of carbonyl (C=O) groups excluding carboxylic acids is 2. The number of hydrogen-bond donors (Lipinski definition) is 0. The second-order valence-corrected chi connectivity index (χ2v) is 8.31. The Morgan fingerprint density at radius 1 is 1.04 bits per heavy atom. The van der Waals surface area contributed by atoms with Crippen molar-refractivity contribution in [1.29, 1.82) is 0 Å². The van der Waals surface area contributed by atoms with Crippen LogP contribution in [0.5, 0.6) is 0 Å². The number of nitrogens with zero attached hydrogens (tertiary/aromatic N) is 2. The Balaban J connectivity index is 1.98. The van der Waals surface area contributed by atoms with E-state index in [9.17, 15) is 9.59 Å². The lowest BCUT2D eigenvalue weighted by Crippen LogP contribution is -2.47. The van der Waals surface area contributed by atoms with Gasteiger partial charge in [0.1, 0.15) is 5.54 Å². The summed E-state index contributed by atoms with van der Waals surface area (Å²) in [5.74, 6) is -0.295. The number of carbonyl (C=O) groups is 2. The minimum atomic E-state index is -0.974. The lowest BCUT2D eigenvalue weighted by Gasteiger charge is -2.28.